The molecule has 0 unspecified atom stereocenters. The summed E-state index contributed by atoms with van der Waals surface area (Å²) in [6, 6.07) is 8.04. The number of hydrogen-bond donors (Lipinski definition) is 0. The Morgan fingerprint density at radius 1 is 1.43 bits per heavy atom. The maximum Gasteiger partial charge on any atom is 0.139 e. The molecule has 2 nitrogen and oxygen atoms in total. The van der Waals surface area contributed by atoms with E-state index in [-0.39, 0.29) is 5.78 Å². The van der Waals surface area contributed by atoms with Gasteiger partial charge < -0.3 is 4.74 Å². The first kappa shape index (κ1) is 10.9. The van der Waals surface area contributed by atoms with Crippen molar-refractivity contribution in [2.24, 2.45) is 0 Å². The van der Waals surface area contributed by atoms with Crippen LogP contribution in [0.5, 0.6) is 0 Å². The number of carbonyl (C=O) groups is 1. The van der Waals surface area contributed by atoms with Gasteiger partial charge in [-0.3, -0.25) is 4.79 Å². The van der Waals surface area contributed by atoms with Gasteiger partial charge in [0.05, 0.1) is 6.61 Å². The number of methoxy groups -OCH3 is 1. The summed E-state index contributed by atoms with van der Waals surface area (Å²) in [5, 5.41) is 0. The van der Waals surface area contributed by atoms with Crippen LogP contribution in [-0.2, 0) is 16.0 Å². The molecule has 1 aromatic carbocycles. The molecule has 0 radical (unpaired) electrons. The van der Waals surface area contributed by atoms with Crippen molar-refractivity contribution in [2.45, 2.75) is 19.8 Å². The molecule has 0 spiro atoms. The van der Waals surface area contributed by atoms with Crippen LogP contribution in [0.4, 0.5) is 0 Å². The third-order valence-electron chi connectivity index (χ3n) is 2.07. The molecule has 76 valence electrons. The molecule has 0 saturated heterocycles. The predicted molar refractivity (Wildman–Crippen MR) is 56.4 cm³/mol. The van der Waals surface area contributed by atoms with Crippen molar-refractivity contribution in [3.05, 3.63) is 35.4 Å². The van der Waals surface area contributed by atoms with Crippen LogP contribution in [0.2, 0.25) is 0 Å². The standard InChI is InChI=1S/C12H16O2/c1-10-4-3-5-11(8-10)9-12(13)6-7-14-2/h3-5,8H,6-7,9H2,1-2H3. The lowest BCUT2D eigenvalue weighted by Crippen LogP contribution is -2.06. The zero-order valence-electron chi connectivity index (χ0n) is 8.75. The van der Waals surface area contributed by atoms with E-state index in [9.17, 15) is 4.79 Å². The highest BCUT2D eigenvalue weighted by molar-refractivity contribution is 5.80. The molecular formula is C12H16O2. The smallest absolute Gasteiger partial charge is 0.139 e. The summed E-state index contributed by atoms with van der Waals surface area (Å²) in [4.78, 5) is 11.4. The second-order valence-electron chi connectivity index (χ2n) is 3.45. The van der Waals surface area contributed by atoms with E-state index < -0.39 is 0 Å². The molecule has 14 heavy (non-hydrogen) atoms. The van der Waals surface area contributed by atoms with Gasteiger partial charge >= 0.3 is 0 Å². The first-order valence-electron chi connectivity index (χ1n) is 4.78. The fraction of sp³-hybridized carbons (Fsp3) is 0.417. The second kappa shape index (κ2) is 5.55. The van der Waals surface area contributed by atoms with Gasteiger partial charge in [0, 0.05) is 20.0 Å². The van der Waals surface area contributed by atoms with Crippen LogP contribution in [0.15, 0.2) is 24.3 Å². The fourth-order valence-corrected chi connectivity index (χ4v) is 1.35. The van der Waals surface area contributed by atoms with Crippen molar-refractivity contribution in [2.75, 3.05) is 13.7 Å². The van der Waals surface area contributed by atoms with Crippen molar-refractivity contribution in [1.29, 1.82) is 0 Å². The quantitative estimate of drug-likeness (QED) is 0.714. The topological polar surface area (TPSA) is 26.3 Å². The first-order valence-corrected chi connectivity index (χ1v) is 4.78. The van der Waals surface area contributed by atoms with E-state index in [1.54, 1.807) is 7.11 Å². The van der Waals surface area contributed by atoms with Crippen LogP contribution in [0, 0.1) is 6.92 Å². The Balaban J connectivity index is 2.47. The molecule has 0 aromatic heterocycles. The van der Waals surface area contributed by atoms with Gasteiger partial charge in [0.2, 0.25) is 0 Å². The molecule has 0 bridgehead atoms. The number of ether oxygens (including phenoxy) is 1. The van der Waals surface area contributed by atoms with E-state index in [1.807, 2.05) is 31.2 Å². The highest BCUT2D eigenvalue weighted by Crippen LogP contribution is 2.05. The average molecular weight is 192 g/mol. The van der Waals surface area contributed by atoms with Crippen molar-refractivity contribution < 1.29 is 9.53 Å². The number of aryl methyl sites for hydroxylation is 1. The third kappa shape index (κ3) is 3.71. The molecule has 0 aliphatic rings. The van der Waals surface area contributed by atoms with Gasteiger partial charge in [-0.1, -0.05) is 29.8 Å². The largest absolute Gasteiger partial charge is 0.384 e. The molecular weight excluding hydrogens is 176 g/mol. The summed E-state index contributed by atoms with van der Waals surface area (Å²) >= 11 is 0. The summed E-state index contributed by atoms with van der Waals surface area (Å²) in [6.45, 7) is 2.55. The summed E-state index contributed by atoms with van der Waals surface area (Å²) in [7, 11) is 1.61. The van der Waals surface area contributed by atoms with Gasteiger partial charge in [0.25, 0.3) is 0 Å². The van der Waals surface area contributed by atoms with Crippen LogP contribution >= 0.6 is 0 Å². The van der Waals surface area contributed by atoms with Gasteiger partial charge in [-0.25, -0.2) is 0 Å². The third-order valence-corrected chi connectivity index (χ3v) is 2.07. The van der Waals surface area contributed by atoms with Crippen molar-refractivity contribution in [3.63, 3.8) is 0 Å². The summed E-state index contributed by atoms with van der Waals surface area (Å²) in [6.07, 6.45) is 1.02. The van der Waals surface area contributed by atoms with Gasteiger partial charge in [-0.05, 0) is 12.5 Å². The molecule has 0 heterocycles. The Bertz CT molecular complexity index is 305. The Kier molecular flexibility index (Phi) is 4.33. The number of Topliss-reactive ketones (excluding diaryl/α,β-unsaturated/α-hetero) is 1. The molecule has 0 amide bonds. The minimum Gasteiger partial charge on any atom is -0.384 e. The van der Waals surface area contributed by atoms with E-state index in [0.29, 0.717) is 19.4 Å². The Morgan fingerprint density at radius 3 is 2.86 bits per heavy atom. The fourth-order valence-electron chi connectivity index (χ4n) is 1.35. The van der Waals surface area contributed by atoms with E-state index >= 15 is 0 Å². The zero-order chi connectivity index (χ0) is 10.4. The monoisotopic (exact) mass is 192 g/mol. The average Bonchev–Trinajstić information content (AvgIpc) is 2.15. The van der Waals surface area contributed by atoms with E-state index in [0.717, 1.165) is 5.56 Å². The summed E-state index contributed by atoms with van der Waals surface area (Å²) in [5.74, 6) is 0.234. The minimum absolute atomic E-state index is 0.234. The zero-order valence-corrected chi connectivity index (χ0v) is 8.75. The van der Waals surface area contributed by atoms with Crippen LogP contribution in [-0.4, -0.2) is 19.5 Å². The van der Waals surface area contributed by atoms with Gasteiger partial charge in [0.1, 0.15) is 5.78 Å². The summed E-state index contributed by atoms with van der Waals surface area (Å²) in [5.41, 5.74) is 2.29. The van der Waals surface area contributed by atoms with Gasteiger partial charge in [0.15, 0.2) is 0 Å². The molecule has 0 aliphatic carbocycles. The number of hydrogen-bond acceptors (Lipinski definition) is 2. The van der Waals surface area contributed by atoms with Crippen LogP contribution in [0.3, 0.4) is 0 Å². The summed E-state index contributed by atoms with van der Waals surface area (Å²) < 4.78 is 4.85. The van der Waals surface area contributed by atoms with Crippen molar-refractivity contribution in [1.82, 2.24) is 0 Å². The SMILES string of the molecule is COCCC(=O)Cc1cccc(C)c1. The number of carbonyl (C=O) groups excluding carboxylic acids is 1. The molecule has 0 saturated carbocycles. The minimum atomic E-state index is 0.234. The van der Waals surface area contributed by atoms with Crippen molar-refractivity contribution >= 4 is 5.78 Å². The molecule has 0 N–H and O–H groups in total. The number of rotatable bonds is 5. The lowest BCUT2D eigenvalue weighted by molar-refractivity contribution is -0.119. The molecule has 0 atom stereocenters. The molecule has 1 rings (SSSR count). The lowest BCUT2D eigenvalue weighted by Gasteiger charge is -2.01. The number of benzene rings is 1. The van der Waals surface area contributed by atoms with Crippen LogP contribution < -0.4 is 0 Å². The number of ketones is 1. The normalized spacial score (nSPS) is 10.1. The Labute approximate surface area is 84.9 Å². The second-order valence-corrected chi connectivity index (χ2v) is 3.45. The maximum absolute atomic E-state index is 11.4. The van der Waals surface area contributed by atoms with Gasteiger partial charge in [-0.2, -0.15) is 0 Å². The van der Waals surface area contributed by atoms with Crippen molar-refractivity contribution in [3.8, 4) is 0 Å². The highest BCUT2D eigenvalue weighted by atomic mass is 16.5. The lowest BCUT2D eigenvalue weighted by atomic mass is 10.1. The first-order chi connectivity index (χ1) is 6.72. The predicted octanol–water partition coefficient (Wildman–Crippen LogP) is 2.14. The molecule has 2 heteroatoms. The molecule has 0 aliphatic heterocycles. The van der Waals surface area contributed by atoms with Gasteiger partial charge in [-0.15, -0.1) is 0 Å². The highest BCUT2D eigenvalue weighted by Gasteiger charge is 2.02. The van der Waals surface area contributed by atoms with E-state index in [1.165, 1.54) is 5.56 Å². The Hall–Kier alpha value is -1.15. The van der Waals surface area contributed by atoms with Crippen LogP contribution in [0.25, 0.3) is 0 Å². The maximum atomic E-state index is 11.4. The van der Waals surface area contributed by atoms with E-state index in [2.05, 4.69) is 0 Å². The molecule has 0 fully saturated rings. The Morgan fingerprint density at radius 2 is 2.21 bits per heavy atom. The van der Waals surface area contributed by atoms with Crippen LogP contribution in [0.1, 0.15) is 17.5 Å². The molecule has 1 aromatic rings. The van der Waals surface area contributed by atoms with E-state index in [4.69, 9.17) is 4.74 Å².